The van der Waals surface area contributed by atoms with Crippen LogP contribution >= 0.6 is 11.6 Å². The minimum atomic E-state index is -3.71. The van der Waals surface area contributed by atoms with Crippen molar-refractivity contribution in [3.8, 4) is 11.5 Å². The van der Waals surface area contributed by atoms with Gasteiger partial charge in [-0.2, -0.15) is 0 Å². The van der Waals surface area contributed by atoms with Gasteiger partial charge in [0, 0.05) is 31.7 Å². The van der Waals surface area contributed by atoms with Gasteiger partial charge in [-0.1, -0.05) is 11.6 Å². The molecular formula is C21H24ClN3O6S. The van der Waals surface area contributed by atoms with Gasteiger partial charge in [0.1, 0.15) is 0 Å². The first kappa shape index (κ1) is 23.8. The van der Waals surface area contributed by atoms with E-state index in [-0.39, 0.29) is 40.4 Å². The Morgan fingerprint density at radius 2 is 1.50 bits per heavy atom. The molecular weight excluding hydrogens is 458 g/mol. The van der Waals surface area contributed by atoms with E-state index >= 15 is 0 Å². The van der Waals surface area contributed by atoms with Crippen LogP contribution < -0.4 is 14.2 Å². The average Bonchev–Trinajstić information content (AvgIpc) is 2.82. The highest BCUT2D eigenvalue weighted by atomic mass is 35.5. The monoisotopic (exact) mass is 481 g/mol. The van der Waals surface area contributed by atoms with Gasteiger partial charge in [0.25, 0.3) is 11.8 Å². The fourth-order valence-electron chi connectivity index (χ4n) is 3.39. The molecule has 1 N–H and O–H groups in total. The lowest BCUT2D eigenvalue weighted by molar-refractivity contribution is 0.0535. The number of benzene rings is 2. The summed E-state index contributed by atoms with van der Waals surface area (Å²) in [5.74, 6) is 0.414. The van der Waals surface area contributed by atoms with Gasteiger partial charge in [-0.05, 0) is 43.4 Å². The molecule has 1 fully saturated rings. The Labute approximate surface area is 191 Å². The molecule has 0 bridgehead atoms. The lowest BCUT2D eigenvalue weighted by Gasteiger charge is -2.35. The van der Waals surface area contributed by atoms with Gasteiger partial charge in [0.15, 0.2) is 11.5 Å². The quantitative estimate of drug-likeness (QED) is 0.675. The molecule has 0 aliphatic carbocycles. The molecule has 1 aliphatic rings. The molecule has 1 heterocycles. The number of amides is 2. The van der Waals surface area contributed by atoms with Gasteiger partial charge in [0.05, 0.1) is 29.7 Å². The van der Waals surface area contributed by atoms with Crippen molar-refractivity contribution in [1.82, 2.24) is 14.5 Å². The summed E-state index contributed by atoms with van der Waals surface area (Å²) in [4.78, 5) is 29.0. The summed E-state index contributed by atoms with van der Waals surface area (Å²) < 4.78 is 36.8. The van der Waals surface area contributed by atoms with Crippen LogP contribution in [0.5, 0.6) is 11.5 Å². The normalized spacial score (nSPS) is 14.2. The fraction of sp³-hybridized carbons (Fsp3) is 0.333. The average molecular weight is 482 g/mol. The number of methoxy groups -OCH3 is 2. The van der Waals surface area contributed by atoms with Crippen LogP contribution in [-0.2, 0) is 10.0 Å². The molecule has 0 unspecified atom stereocenters. The number of carbonyl (C=O) groups excluding carboxylic acids is 2. The van der Waals surface area contributed by atoms with Crippen molar-refractivity contribution in [1.29, 1.82) is 0 Å². The van der Waals surface area contributed by atoms with Crippen LogP contribution in [-0.4, -0.2) is 77.5 Å². The number of halogens is 1. The first-order valence-corrected chi connectivity index (χ1v) is 11.6. The molecule has 1 aliphatic heterocycles. The van der Waals surface area contributed by atoms with Gasteiger partial charge in [-0.15, -0.1) is 0 Å². The molecule has 0 radical (unpaired) electrons. The predicted octanol–water partition coefficient (Wildman–Crippen LogP) is 1.86. The highest BCUT2D eigenvalue weighted by molar-refractivity contribution is 7.89. The molecule has 2 aromatic carbocycles. The number of hydrogen-bond acceptors (Lipinski definition) is 6. The second-order valence-corrected chi connectivity index (χ2v) is 9.30. The molecule has 0 spiro atoms. The summed E-state index contributed by atoms with van der Waals surface area (Å²) in [6.45, 7) is 1.23. The minimum Gasteiger partial charge on any atom is -0.493 e. The van der Waals surface area contributed by atoms with Crippen LogP contribution in [0.3, 0.4) is 0 Å². The number of rotatable bonds is 6. The Morgan fingerprint density at radius 1 is 0.906 bits per heavy atom. The summed E-state index contributed by atoms with van der Waals surface area (Å²) in [6, 6.07) is 8.93. The zero-order valence-electron chi connectivity index (χ0n) is 17.9. The number of hydrogen-bond donors (Lipinski definition) is 1. The summed E-state index contributed by atoms with van der Waals surface area (Å²) in [5, 5.41) is 0.161. The molecule has 9 nitrogen and oxygen atoms in total. The summed E-state index contributed by atoms with van der Waals surface area (Å²) in [5.41, 5.74) is 0.554. The Hall–Kier alpha value is -2.82. The lowest BCUT2D eigenvalue weighted by atomic mass is 10.1. The van der Waals surface area contributed by atoms with Crippen LogP contribution in [0, 0.1) is 0 Å². The van der Waals surface area contributed by atoms with E-state index in [9.17, 15) is 18.0 Å². The number of piperazine rings is 1. The van der Waals surface area contributed by atoms with Crippen LogP contribution in [0.15, 0.2) is 41.3 Å². The number of ether oxygens (including phenoxy) is 2. The summed E-state index contributed by atoms with van der Waals surface area (Å²) in [7, 11) is 0.595. The number of sulfonamides is 1. The minimum absolute atomic E-state index is 0.0463. The van der Waals surface area contributed by atoms with Crippen molar-refractivity contribution in [2.75, 3.05) is 47.4 Å². The van der Waals surface area contributed by atoms with Crippen molar-refractivity contribution in [2.24, 2.45) is 0 Å². The van der Waals surface area contributed by atoms with Gasteiger partial charge in [-0.3, -0.25) is 9.59 Å². The first-order valence-electron chi connectivity index (χ1n) is 9.75. The Morgan fingerprint density at radius 3 is 2.06 bits per heavy atom. The second-order valence-electron chi connectivity index (χ2n) is 7.00. The second kappa shape index (κ2) is 9.76. The van der Waals surface area contributed by atoms with Crippen molar-refractivity contribution in [2.45, 2.75) is 4.90 Å². The van der Waals surface area contributed by atoms with Crippen molar-refractivity contribution < 1.29 is 27.5 Å². The van der Waals surface area contributed by atoms with Crippen molar-refractivity contribution >= 4 is 33.4 Å². The summed E-state index contributed by atoms with van der Waals surface area (Å²) >= 11 is 6.17. The SMILES string of the molecule is CNS(=O)(=O)c1ccc(Cl)c(C(=O)N2CCN(C(=O)c3ccc(OC)c(OC)c3)CC2)c1. The third-order valence-electron chi connectivity index (χ3n) is 5.23. The van der Waals surface area contributed by atoms with Gasteiger partial charge < -0.3 is 19.3 Å². The molecule has 1 saturated heterocycles. The number of nitrogens with zero attached hydrogens (tertiary/aromatic N) is 2. The van der Waals surface area contributed by atoms with Crippen molar-refractivity contribution in [3.05, 3.63) is 52.5 Å². The maximum atomic E-state index is 13.0. The highest BCUT2D eigenvalue weighted by Crippen LogP contribution is 2.28. The summed E-state index contributed by atoms with van der Waals surface area (Å²) in [6.07, 6.45) is 0. The maximum Gasteiger partial charge on any atom is 0.255 e. The standard InChI is InChI=1S/C21H24ClN3O6S/c1-23-32(28,29)15-5-6-17(22)16(13-15)21(27)25-10-8-24(9-11-25)20(26)14-4-7-18(30-2)19(12-14)31-3/h4-7,12-13,23H,8-11H2,1-3H3. The van der Waals surface area contributed by atoms with Crippen LogP contribution in [0.2, 0.25) is 5.02 Å². The van der Waals surface area contributed by atoms with Gasteiger partial charge in [0.2, 0.25) is 10.0 Å². The molecule has 11 heteroatoms. The van der Waals surface area contributed by atoms with E-state index in [4.69, 9.17) is 21.1 Å². The zero-order valence-corrected chi connectivity index (χ0v) is 19.5. The molecule has 2 amide bonds. The molecule has 0 aromatic heterocycles. The van der Waals surface area contributed by atoms with Gasteiger partial charge >= 0.3 is 0 Å². The molecule has 0 atom stereocenters. The smallest absolute Gasteiger partial charge is 0.255 e. The van der Waals surface area contributed by atoms with Crippen molar-refractivity contribution in [3.63, 3.8) is 0 Å². The van der Waals surface area contributed by atoms with Crippen LogP contribution in [0.1, 0.15) is 20.7 Å². The molecule has 172 valence electrons. The van der Waals surface area contributed by atoms with E-state index < -0.39 is 10.0 Å². The van der Waals surface area contributed by atoms with E-state index in [2.05, 4.69) is 4.72 Å². The first-order chi connectivity index (χ1) is 15.2. The number of carbonyl (C=O) groups is 2. The number of nitrogens with one attached hydrogen (secondary N) is 1. The van der Waals surface area contributed by atoms with Gasteiger partial charge in [-0.25, -0.2) is 13.1 Å². The van der Waals surface area contributed by atoms with Crippen LogP contribution in [0.25, 0.3) is 0 Å². The predicted molar refractivity (Wildman–Crippen MR) is 119 cm³/mol. The third kappa shape index (κ3) is 4.82. The topological polar surface area (TPSA) is 105 Å². The van der Waals surface area contributed by atoms with E-state index in [0.29, 0.717) is 30.2 Å². The van der Waals surface area contributed by atoms with E-state index in [1.165, 1.54) is 39.5 Å². The largest absolute Gasteiger partial charge is 0.493 e. The molecule has 0 saturated carbocycles. The zero-order chi connectivity index (χ0) is 23.5. The lowest BCUT2D eigenvalue weighted by Crippen LogP contribution is -2.50. The molecule has 32 heavy (non-hydrogen) atoms. The van der Waals surface area contributed by atoms with E-state index in [1.54, 1.807) is 28.0 Å². The Bertz CT molecular complexity index is 1130. The Balaban J connectivity index is 1.71. The Kier molecular flexibility index (Phi) is 7.27. The van der Waals surface area contributed by atoms with E-state index in [0.717, 1.165) is 0 Å². The molecule has 2 aromatic rings. The van der Waals surface area contributed by atoms with Crippen LogP contribution in [0.4, 0.5) is 0 Å². The maximum absolute atomic E-state index is 13.0. The van der Waals surface area contributed by atoms with E-state index in [1.807, 2.05) is 0 Å². The highest BCUT2D eigenvalue weighted by Gasteiger charge is 2.28. The fourth-order valence-corrected chi connectivity index (χ4v) is 4.34. The third-order valence-corrected chi connectivity index (χ3v) is 6.97. The molecule has 3 rings (SSSR count).